The summed E-state index contributed by atoms with van der Waals surface area (Å²) in [5.74, 6) is 0. The van der Waals surface area contributed by atoms with Crippen molar-refractivity contribution >= 4 is 46.0 Å². The summed E-state index contributed by atoms with van der Waals surface area (Å²) in [6, 6.07) is 7.79. The molecule has 0 aliphatic carbocycles. The highest BCUT2D eigenvalue weighted by atomic mass is 32.1. The molecule has 0 fully saturated rings. The Morgan fingerprint density at radius 1 is 0.944 bits per heavy atom. The molecule has 0 spiro atoms. The van der Waals surface area contributed by atoms with Crippen LogP contribution >= 0.6 is 24.4 Å². The van der Waals surface area contributed by atoms with E-state index in [2.05, 4.69) is 21.3 Å². The first-order chi connectivity index (χ1) is 8.65. The molecule has 0 heterocycles. The average molecular weight is 282 g/mol. The molecule has 0 amide bonds. The number of thiocarbonyl (C=S) groups is 2. The van der Waals surface area contributed by atoms with Gasteiger partial charge in [-0.15, -0.1) is 0 Å². The third-order valence-electron chi connectivity index (χ3n) is 2.05. The molecule has 98 valence electrons. The van der Waals surface area contributed by atoms with Crippen LogP contribution in [-0.4, -0.2) is 23.3 Å². The van der Waals surface area contributed by atoms with E-state index in [4.69, 9.17) is 24.4 Å². The van der Waals surface area contributed by atoms with E-state index in [1.54, 1.807) is 0 Å². The first-order valence-corrected chi connectivity index (χ1v) is 6.67. The summed E-state index contributed by atoms with van der Waals surface area (Å²) in [6.07, 6.45) is 0. The summed E-state index contributed by atoms with van der Waals surface area (Å²) in [4.78, 5) is 0. The standard InChI is InChI=1S/C12H18N4S2/c1-3-13-11(17)15-9-6-5-7-10(8-9)16-12(18)14-4-2/h5-8H,3-4H2,1-2H3,(H2,13,15,17)(H2,14,16,18). The minimum absolute atomic E-state index is 0.615. The third-order valence-corrected chi connectivity index (χ3v) is 2.55. The van der Waals surface area contributed by atoms with Gasteiger partial charge in [0.2, 0.25) is 0 Å². The highest BCUT2D eigenvalue weighted by Gasteiger charge is 1.99. The molecule has 0 aliphatic heterocycles. The lowest BCUT2D eigenvalue weighted by Crippen LogP contribution is -2.28. The quantitative estimate of drug-likeness (QED) is 0.636. The summed E-state index contributed by atoms with van der Waals surface area (Å²) >= 11 is 10.3. The van der Waals surface area contributed by atoms with Crippen molar-refractivity contribution in [3.8, 4) is 0 Å². The van der Waals surface area contributed by atoms with Crippen LogP contribution in [-0.2, 0) is 0 Å². The molecular weight excluding hydrogens is 264 g/mol. The lowest BCUT2D eigenvalue weighted by atomic mass is 10.3. The van der Waals surface area contributed by atoms with E-state index in [0.717, 1.165) is 24.5 Å². The zero-order valence-corrected chi connectivity index (χ0v) is 12.2. The fraction of sp³-hybridized carbons (Fsp3) is 0.333. The van der Waals surface area contributed by atoms with Crippen LogP contribution in [0.2, 0.25) is 0 Å². The lowest BCUT2D eigenvalue weighted by molar-refractivity contribution is 0.979. The molecule has 0 saturated heterocycles. The van der Waals surface area contributed by atoms with Gasteiger partial charge in [0, 0.05) is 24.5 Å². The molecule has 4 N–H and O–H groups in total. The number of anilines is 2. The SMILES string of the molecule is CCNC(=S)Nc1cccc(NC(=S)NCC)c1. The van der Waals surface area contributed by atoms with Gasteiger partial charge in [0.1, 0.15) is 0 Å². The Balaban J connectivity index is 2.61. The molecule has 0 saturated carbocycles. The van der Waals surface area contributed by atoms with E-state index in [0.29, 0.717) is 10.2 Å². The monoisotopic (exact) mass is 282 g/mol. The van der Waals surface area contributed by atoms with Crippen molar-refractivity contribution in [2.24, 2.45) is 0 Å². The molecule has 4 nitrogen and oxygen atoms in total. The molecule has 1 aromatic carbocycles. The molecule has 1 rings (SSSR count). The third kappa shape index (κ3) is 5.29. The van der Waals surface area contributed by atoms with E-state index in [1.165, 1.54) is 0 Å². The molecular formula is C12H18N4S2. The van der Waals surface area contributed by atoms with Gasteiger partial charge in [-0.25, -0.2) is 0 Å². The van der Waals surface area contributed by atoms with Crippen molar-refractivity contribution in [2.45, 2.75) is 13.8 Å². The molecule has 18 heavy (non-hydrogen) atoms. The largest absolute Gasteiger partial charge is 0.363 e. The number of hydrogen-bond acceptors (Lipinski definition) is 2. The maximum Gasteiger partial charge on any atom is 0.170 e. The second-order valence-electron chi connectivity index (χ2n) is 3.55. The predicted molar refractivity (Wildman–Crippen MR) is 86.2 cm³/mol. The van der Waals surface area contributed by atoms with Crippen LogP contribution in [0.1, 0.15) is 13.8 Å². The smallest absolute Gasteiger partial charge is 0.170 e. The van der Waals surface area contributed by atoms with Crippen LogP contribution in [0.3, 0.4) is 0 Å². The van der Waals surface area contributed by atoms with Gasteiger partial charge in [-0.1, -0.05) is 6.07 Å². The Labute approximate surface area is 119 Å². The number of nitrogens with one attached hydrogen (secondary N) is 4. The van der Waals surface area contributed by atoms with E-state index < -0.39 is 0 Å². The molecule has 0 aliphatic rings. The zero-order valence-electron chi connectivity index (χ0n) is 10.5. The van der Waals surface area contributed by atoms with Crippen molar-refractivity contribution in [3.63, 3.8) is 0 Å². The van der Waals surface area contributed by atoms with Crippen LogP contribution < -0.4 is 21.3 Å². The van der Waals surface area contributed by atoms with Crippen molar-refractivity contribution in [3.05, 3.63) is 24.3 Å². The normalized spacial score (nSPS) is 9.44. The van der Waals surface area contributed by atoms with Crippen LogP contribution in [0.5, 0.6) is 0 Å². The van der Waals surface area contributed by atoms with E-state index >= 15 is 0 Å². The summed E-state index contributed by atoms with van der Waals surface area (Å²) in [6.45, 7) is 5.60. The van der Waals surface area contributed by atoms with Crippen molar-refractivity contribution < 1.29 is 0 Å². The summed E-state index contributed by atoms with van der Waals surface area (Å²) < 4.78 is 0. The Hall–Kier alpha value is -1.40. The molecule has 1 aromatic rings. The second kappa shape index (κ2) is 7.84. The van der Waals surface area contributed by atoms with Gasteiger partial charge in [-0.05, 0) is 56.5 Å². The van der Waals surface area contributed by atoms with Gasteiger partial charge in [-0.3, -0.25) is 0 Å². The fourth-order valence-electron chi connectivity index (χ4n) is 1.35. The maximum atomic E-state index is 5.13. The highest BCUT2D eigenvalue weighted by molar-refractivity contribution is 7.80. The maximum absolute atomic E-state index is 5.13. The van der Waals surface area contributed by atoms with Crippen LogP contribution in [0, 0.1) is 0 Å². The van der Waals surface area contributed by atoms with E-state index in [9.17, 15) is 0 Å². The van der Waals surface area contributed by atoms with Crippen molar-refractivity contribution in [1.82, 2.24) is 10.6 Å². The molecule has 0 unspecified atom stereocenters. The van der Waals surface area contributed by atoms with Gasteiger partial charge in [0.05, 0.1) is 0 Å². The molecule has 6 heteroatoms. The van der Waals surface area contributed by atoms with Gasteiger partial charge in [0.25, 0.3) is 0 Å². The van der Waals surface area contributed by atoms with Gasteiger partial charge < -0.3 is 21.3 Å². The topological polar surface area (TPSA) is 48.1 Å². The van der Waals surface area contributed by atoms with Gasteiger partial charge in [0.15, 0.2) is 10.2 Å². The Morgan fingerprint density at radius 2 is 1.39 bits per heavy atom. The first-order valence-electron chi connectivity index (χ1n) is 5.85. The fourth-order valence-corrected chi connectivity index (χ4v) is 1.87. The summed E-state index contributed by atoms with van der Waals surface area (Å²) in [5, 5.41) is 13.5. The summed E-state index contributed by atoms with van der Waals surface area (Å²) in [7, 11) is 0. The molecule has 0 aromatic heterocycles. The van der Waals surface area contributed by atoms with Gasteiger partial charge in [-0.2, -0.15) is 0 Å². The lowest BCUT2D eigenvalue weighted by Gasteiger charge is -2.12. The Kier molecular flexibility index (Phi) is 6.38. The van der Waals surface area contributed by atoms with Crippen LogP contribution in [0.4, 0.5) is 11.4 Å². The van der Waals surface area contributed by atoms with E-state index in [-0.39, 0.29) is 0 Å². The number of rotatable bonds is 4. The Morgan fingerprint density at radius 3 is 1.78 bits per heavy atom. The van der Waals surface area contributed by atoms with Gasteiger partial charge >= 0.3 is 0 Å². The van der Waals surface area contributed by atoms with E-state index in [1.807, 2.05) is 38.1 Å². The minimum Gasteiger partial charge on any atom is -0.363 e. The van der Waals surface area contributed by atoms with Crippen molar-refractivity contribution in [2.75, 3.05) is 23.7 Å². The predicted octanol–water partition coefficient (Wildman–Crippen LogP) is 2.30. The second-order valence-corrected chi connectivity index (χ2v) is 4.37. The first kappa shape index (κ1) is 14.7. The van der Waals surface area contributed by atoms with Crippen LogP contribution in [0.15, 0.2) is 24.3 Å². The minimum atomic E-state index is 0.615. The highest BCUT2D eigenvalue weighted by Crippen LogP contribution is 2.14. The van der Waals surface area contributed by atoms with Crippen molar-refractivity contribution in [1.29, 1.82) is 0 Å². The summed E-state index contributed by atoms with van der Waals surface area (Å²) in [5.41, 5.74) is 1.84. The molecule has 0 bridgehead atoms. The zero-order chi connectivity index (χ0) is 13.4. The average Bonchev–Trinajstić information content (AvgIpc) is 2.29. The Bertz CT molecular complexity index is 385. The van der Waals surface area contributed by atoms with Crippen LogP contribution in [0.25, 0.3) is 0 Å². The number of benzene rings is 1. The number of hydrogen-bond donors (Lipinski definition) is 4. The molecule has 0 atom stereocenters. The molecule has 0 radical (unpaired) electrons.